The van der Waals surface area contributed by atoms with Crippen molar-refractivity contribution in [3.8, 4) is 11.3 Å². The van der Waals surface area contributed by atoms with Gasteiger partial charge in [-0.2, -0.15) is 13.2 Å². The predicted molar refractivity (Wildman–Crippen MR) is 89.6 cm³/mol. The molecule has 3 nitrogen and oxygen atoms in total. The molecule has 0 unspecified atom stereocenters. The van der Waals surface area contributed by atoms with Crippen LogP contribution >= 0.6 is 11.6 Å². The number of hydrogen-bond donors (Lipinski definition) is 0. The Labute approximate surface area is 148 Å². The Hall–Kier alpha value is -2.08. The number of hydrogen-bond acceptors (Lipinski definition) is 3. The van der Waals surface area contributed by atoms with Gasteiger partial charge in [-0.05, 0) is 30.5 Å². The smallest absolute Gasteiger partial charge is 0.417 e. The first kappa shape index (κ1) is 19.2. The van der Waals surface area contributed by atoms with Gasteiger partial charge >= 0.3 is 12.1 Å². The first-order valence-electron chi connectivity index (χ1n) is 7.58. The van der Waals surface area contributed by atoms with Crippen LogP contribution in [0.25, 0.3) is 11.3 Å². The molecule has 0 N–H and O–H groups in total. The zero-order valence-electron chi connectivity index (χ0n) is 13.9. The van der Waals surface area contributed by atoms with Crippen LogP contribution in [0.1, 0.15) is 35.5 Å². The number of methoxy groups -OCH3 is 1. The van der Waals surface area contributed by atoms with Crippen LogP contribution in [0.5, 0.6) is 0 Å². The van der Waals surface area contributed by atoms with Gasteiger partial charge in [0.05, 0.1) is 29.6 Å². The van der Waals surface area contributed by atoms with Gasteiger partial charge in [-0.3, -0.25) is 4.98 Å². The largest absolute Gasteiger partial charge is 0.465 e. The summed E-state index contributed by atoms with van der Waals surface area (Å²) in [4.78, 5) is 16.3. The predicted octanol–water partition coefficient (Wildman–Crippen LogP) is 5.41. The Morgan fingerprint density at radius 3 is 2.32 bits per heavy atom. The van der Waals surface area contributed by atoms with Gasteiger partial charge in [0.1, 0.15) is 0 Å². The molecule has 0 amide bonds. The van der Waals surface area contributed by atoms with Crippen molar-refractivity contribution in [1.29, 1.82) is 0 Å². The molecular weight excluding hydrogens is 355 g/mol. The van der Waals surface area contributed by atoms with Crippen LogP contribution in [-0.4, -0.2) is 18.1 Å². The molecule has 1 aromatic carbocycles. The number of halogens is 4. The molecule has 1 aromatic heterocycles. The maximum absolute atomic E-state index is 13.6. The summed E-state index contributed by atoms with van der Waals surface area (Å²) in [5.74, 6) is -1.03. The van der Waals surface area contributed by atoms with Gasteiger partial charge in [0.15, 0.2) is 0 Å². The van der Waals surface area contributed by atoms with Crippen LogP contribution in [0.4, 0.5) is 13.2 Å². The molecule has 0 atom stereocenters. The molecule has 25 heavy (non-hydrogen) atoms. The van der Waals surface area contributed by atoms with Crippen molar-refractivity contribution in [3.63, 3.8) is 0 Å². The Kier molecular flexibility index (Phi) is 5.72. The number of aromatic nitrogens is 1. The SMILES string of the molecule is COC(=O)c1c(C(F)(F)F)cc(-c2ccc(Cl)cc2)nc1CC(C)C. The van der Waals surface area contributed by atoms with Crippen LogP contribution in [0, 0.1) is 5.92 Å². The standard InChI is InChI=1S/C18H17ClF3NO2/c1-10(2)8-15-16(17(24)25-3)13(18(20,21)22)9-14(23-15)11-4-6-12(19)7-5-11/h4-7,9-10H,8H2,1-3H3. The molecule has 0 radical (unpaired) electrons. The van der Waals surface area contributed by atoms with Crippen LogP contribution in [0.3, 0.4) is 0 Å². The van der Waals surface area contributed by atoms with E-state index < -0.39 is 23.3 Å². The third kappa shape index (κ3) is 4.51. The monoisotopic (exact) mass is 371 g/mol. The highest BCUT2D eigenvalue weighted by atomic mass is 35.5. The third-order valence-electron chi connectivity index (χ3n) is 3.53. The van der Waals surface area contributed by atoms with E-state index in [2.05, 4.69) is 9.72 Å². The zero-order valence-corrected chi connectivity index (χ0v) is 14.7. The van der Waals surface area contributed by atoms with Crippen LogP contribution in [0.2, 0.25) is 5.02 Å². The van der Waals surface area contributed by atoms with Crippen molar-refractivity contribution in [1.82, 2.24) is 4.98 Å². The summed E-state index contributed by atoms with van der Waals surface area (Å²) in [5.41, 5.74) is -0.887. The van der Waals surface area contributed by atoms with Gasteiger partial charge < -0.3 is 4.74 Å². The Bertz CT molecular complexity index is 771. The Morgan fingerprint density at radius 1 is 1.24 bits per heavy atom. The van der Waals surface area contributed by atoms with Gasteiger partial charge in [0, 0.05) is 10.6 Å². The zero-order chi connectivity index (χ0) is 18.8. The molecule has 1 heterocycles. The summed E-state index contributed by atoms with van der Waals surface area (Å²) >= 11 is 5.83. The number of pyridine rings is 1. The molecule has 0 aliphatic rings. The molecule has 134 valence electrons. The first-order chi connectivity index (χ1) is 11.6. The number of carbonyl (C=O) groups is 1. The number of nitrogens with zero attached hydrogens (tertiary/aromatic N) is 1. The highest BCUT2D eigenvalue weighted by Gasteiger charge is 2.38. The Morgan fingerprint density at radius 2 is 1.84 bits per heavy atom. The molecular formula is C18H17ClF3NO2. The first-order valence-corrected chi connectivity index (χ1v) is 7.96. The molecule has 0 aliphatic carbocycles. The van der Waals surface area contributed by atoms with Crippen LogP contribution in [0.15, 0.2) is 30.3 Å². The van der Waals surface area contributed by atoms with E-state index in [4.69, 9.17) is 11.6 Å². The van der Waals surface area contributed by atoms with Crippen molar-refractivity contribution in [2.45, 2.75) is 26.4 Å². The summed E-state index contributed by atoms with van der Waals surface area (Å²) in [6, 6.07) is 7.19. The van der Waals surface area contributed by atoms with Crippen molar-refractivity contribution >= 4 is 17.6 Å². The Balaban J connectivity index is 2.75. The molecule has 0 fully saturated rings. The van der Waals surface area contributed by atoms with E-state index in [0.29, 0.717) is 10.6 Å². The third-order valence-corrected chi connectivity index (χ3v) is 3.78. The number of rotatable bonds is 4. The van der Waals surface area contributed by atoms with E-state index in [1.165, 1.54) is 0 Å². The highest BCUT2D eigenvalue weighted by molar-refractivity contribution is 6.30. The van der Waals surface area contributed by atoms with Gasteiger partial charge in [-0.1, -0.05) is 37.6 Å². The second-order valence-electron chi connectivity index (χ2n) is 5.97. The van der Waals surface area contributed by atoms with Crippen LogP contribution in [-0.2, 0) is 17.3 Å². The number of ether oxygens (including phenoxy) is 1. The second-order valence-corrected chi connectivity index (χ2v) is 6.41. The normalized spacial score (nSPS) is 11.7. The fourth-order valence-corrected chi connectivity index (χ4v) is 2.58. The molecule has 0 spiro atoms. The quantitative estimate of drug-likeness (QED) is 0.675. The number of carbonyl (C=O) groups excluding carboxylic acids is 1. The molecule has 0 bridgehead atoms. The molecule has 0 saturated carbocycles. The second kappa shape index (κ2) is 7.44. The average Bonchev–Trinajstić information content (AvgIpc) is 2.52. The average molecular weight is 372 g/mol. The number of benzene rings is 1. The fourth-order valence-electron chi connectivity index (χ4n) is 2.45. The lowest BCUT2D eigenvalue weighted by atomic mass is 9.96. The topological polar surface area (TPSA) is 39.2 Å². The summed E-state index contributed by atoms with van der Waals surface area (Å²) in [6.07, 6.45) is -4.49. The fraction of sp³-hybridized carbons (Fsp3) is 0.333. The van der Waals surface area contributed by atoms with Gasteiger partial charge in [-0.15, -0.1) is 0 Å². The van der Waals surface area contributed by atoms with E-state index >= 15 is 0 Å². The molecule has 0 aliphatic heterocycles. The van der Waals surface area contributed by atoms with Gasteiger partial charge in [-0.25, -0.2) is 4.79 Å². The van der Waals surface area contributed by atoms with E-state index in [0.717, 1.165) is 13.2 Å². The van der Waals surface area contributed by atoms with E-state index in [-0.39, 0.29) is 23.7 Å². The molecule has 2 rings (SSSR count). The molecule has 2 aromatic rings. The minimum absolute atomic E-state index is 0.0115. The maximum atomic E-state index is 13.6. The molecule has 7 heteroatoms. The minimum Gasteiger partial charge on any atom is -0.465 e. The lowest BCUT2D eigenvalue weighted by Gasteiger charge is -2.18. The van der Waals surface area contributed by atoms with Crippen molar-refractivity contribution < 1.29 is 22.7 Å². The van der Waals surface area contributed by atoms with E-state index in [9.17, 15) is 18.0 Å². The van der Waals surface area contributed by atoms with Gasteiger partial charge in [0.25, 0.3) is 0 Å². The summed E-state index contributed by atoms with van der Waals surface area (Å²) in [6.45, 7) is 3.68. The number of esters is 1. The van der Waals surface area contributed by atoms with Gasteiger partial charge in [0.2, 0.25) is 0 Å². The van der Waals surface area contributed by atoms with Crippen molar-refractivity contribution in [2.24, 2.45) is 5.92 Å². The minimum atomic E-state index is -4.71. The van der Waals surface area contributed by atoms with Crippen molar-refractivity contribution in [2.75, 3.05) is 7.11 Å². The summed E-state index contributed by atoms with van der Waals surface area (Å²) in [7, 11) is 1.05. The number of alkyl halides is 3. The van der Waals surface area contributed by atoms with Crippen LogP contribution < -0.4 is 0 Å². The summed E-state index contributed by atoms with van der Waals surface area (Å²) in [5, 5.41) is 0.466. The summed E-state index contributed by atoms with van der Waals surface area (Å²) < 4.78 is 45.3. The lowest BCUT2D eigenvalue weighted by Crippen LogP contribution is -2.19. The van der Waals surface area contributed by atoms with E-state index in [1.807, 2.05) is 13.8 Å². The molecule has 0 saturated heterocycles. The van der Waals surface area contributed by atoms with Crippen molar-refractivity contribution in [3.05, 3.63) is 52.2 Å². The highest BCUT2D eigenvalue weighted by Crippen LogP contribution is 2.36. The lowest BCUT2D eigenvalue weighted by molar-refractivity contribution is -0.138. The maximum Gasteiger partial charge on any atom is 0.417 e. The van der Waals surface area contributed by atoms with E-state index in [1.54, 1.807) is 24.3 Å².